The molecule has 1 aromatic carbocycles. The number of hydrogen-bond donors (Lipinski definition) is 0. The highest BCUT2D eigenvalue weighted by molar-refractivity contribution is 7.92. The van der Waals surface area contributed by atoms with E-state index in [1.54, 1.807) is 0 Å². The molecule has 4 nitrogen and oxygen atoms in total. The summed E-state index contributed by atoms with van der Waals surface area (Å²) >= 11 is 0. The van der Waals surface area contributed by atoms with Gasteiger partial charge >= 0.3 is 6.36 Å². The molecule has 1 aliphatic rings. The maximum absolute atomic E-state index is 12.2. The Hall–Kier alpha value is -1.57. The van der Waals surface area contributed by atoms with Gasteiger partial charge in [-0.2, -0.15) is 0 Å². The van der Waals surface area contributed by atoms with Crippen molar-refractivity contribution in [3.8, 4) is 5.75 Å². The molecule has 1 unspecified atom stereocenters. The second kappa shape index (κ2) is 5.67. The molecule has 0 radical (unpaired) electrons. The van der Waals surface area contributed by atoms with Crippen molar-refractivity contribution in [1.82, 2.24) is 0 Å². The van der Waals surface area contributed by atoms with Crippen molar-refractivity contribution in [2.24, 2.45) is 0 Å². The normalized spacial score (nSPS) is 21.8. The molecule has 1 aliphatic heterocycles. The molecule has 0 amide bonds. The van der Waals surface area contributed by atoms with Crippen LogP contribution < -0.4 is 4.74 Å². The highest BCUT2D eigenvalue weighted by atomic mass is 32.2. The van der Waals surface area contributed by atoms with Gasteiger partial charge in [-0.1, -0.05) is 18.6 Å². The van der Waals surface area contributed by atoms with E-state index in [1.807, 2.05) is 0 Å². The van der Waals surface area contributed by atoms with Gasteiger partial charge in [0, 0.05) is 5.56 Å². The lowest BCUT2D eigenvalue weighted by atomic mass is 10.0. The number of rotatable bonds is 3. The van der Waals surface area contributed by atoms with Crippen LogP contribution in [0.4, 0.5) is 13.2 Å². The summed E-state index contributed by atoms with van der Waals surface area (Å²) in [5.74, 6) is -1.29. The van der Waals surface area contributed by atoms with E-state index in [0.29, 0.717) is 12.8 Å². The fourth-order valence-electron chi connectivity index (χ4n) is 2.28. The minimum atomic E-state index is -4.86. The molecule has 1 heterocycles. The molecule has 116 valence electrons. The number of benzene rings is 1. The highest BCUT2D eigenvalue weighted by Gasteiger charge is 2.36. The topological polar surface area (TPSA) is 60.4 Å². The summed E-state index contributed by atoms with van der Waals surface area (Å²) < 4.78 is 63.9. The summed E-state index contributed by atoms with van der Waals surface area (Å²) in [4.78, 5) is 12.2. The van der Waals surface area contributed by atoms with Crippen LogP contribution in [0, 0.1) is 0 Å². The van der Waals surface area contributed by atoms with Crippen LogP contribution >= 0.6 is 0 Å². The van der Waals surface area contributed by atoms with E-state index in [4.69, 9.17) is 0 Å². The van der Waals surface area contributed by atoms with Crippen molar-refractivity contribution in [1.29, 1.82) is 0 Å². The Balaban J connectivity index is 2.25. The molecular weight excluding hydrogens is 309 g/mol. The molecular formula is C13H13F3O4S. The Bertz CT molecular complexity index is 637. The molecule has 8 heteroatoms. The number of ketones is 1. The predicted octanol–water partition coefficient (Wildman–Crippen LogP) is 2.74. The fraction of sp³-hybridized carbons (Fsp3) is 0.462. The van der Waals surface area contributed by atoms with E-state index in [0.717, 1.165) is 12.1 Å². The highest BCUT2D eigenvalue weighted by Crippen LogP contribution is 2.27. The molecule has 0 aliphatic carbocycles. The first-order valence-electron chi connectivity index (χ1n) is 6.31. The molecule has 1 fully saturated rings. The van der Waals surface area contributed by atoms with E-state index in [-0.39, 0.29) is 17.7 Å². The molecule has 1 atom stereocenters. The van der Waals surface area contributed by atoms with Crippen LogP contribution in [0.15, 0.2) is 24.3 Å². The zero-order valence-corrected chi connectivity index (χ0v) is 11.7. The average molecular weight is 322 g/mol. The number of hydrogen-bond acceptors (Lipinski definition) is 4. The third-order valence-corrected chi connectivity index (χ3v) is 5.40. The maximum Gasteiger partial charge on any atom is 0.573 e. The summed E-state index contributed by atoms with van der Waals surface area (Å²) in [5, 5.41) is -1.17. The first kappa shape index (κ1) is 15.8. The molecule has 0 aromatic heterocycles. The lowest BCUT2D eigenvalue weighted by Gasteiger charge is -2.21. The first-order chi connectivity index (χ1) is 9.69. The van der Waals surface area contributed by atoms with Gasteiger partial charge in [0.1, 0.15) is 11.0 Å². The second-order valence-corrected chi connectivity index (χ2v) is 7.09. The van der Waals surface area contributed by atoms with Crippen LogP contribution in [-0.4, -0.2) is 31.6 Å². The van der Waals surface area contributed by atoms with Gasteiger partial charge in [-0.05, 0) is 25.0 Å². The Morgan fingerprint density at radius 1 is 1.24 bits per heavy atom. The van der Waals surface area contributed by atoms with Crippen molar-refractivity contribution >= 4 is 15.6 Å². The molecule has 21 heavy (non-hydrogen) atoms. The fourth-order valence-corrected chi connectivity index (χ4v) is 4.16. The SMILES string of the molecule is O=C(c1cccc(OC(F)(F)F)c1)C1CCCCS1(=O)=O. The number of carbonyl (C=O) groups excluding carboxylic acids is 1. The predicted molar refractivity (Wildman–Crippen MR) is 68.9 cm³/mol. The second-order valence-electron chi connectivity index (χ2n) is 4.79. The maximum atomic E-state index is 12.2. The Labute approximate surface area is 119 Å². The van der Waals surface area contributed by atoms with E-state index < -0.39 is 33.0 Å². The number of carbonyl (C=O) groups is 1. The van der Waals surface area contributed by atoms with E-state index in [2.05, 4.69) is 4.74 Å². The third kappa shape index (κ3) is 3.96. The van der Waals surface area contributed by atoms with Gasteiger partial charge in [-0.25, -0.2) is 8.42 Å². The van der Waals surface area contributed by atoms with Gasteiger partial charge in [0.25, 0.3) is 0 Å². The van der Waals surface area contributed by atoms with Gasteiger partial charge < -0.3 is 4.74 Å². The number of alkyl halides is 3. The molecule has 1 saturated heterocycles. The average Bonchev–Trinajstić information content (AvgIpc) is 2.36. The lowest BCUT2D eigenvalue weighted by Crippen LogP contribution is -2.35. The number of ether oxygens (including phenoxy) is 1. The summed E-state index contributed by atoms with van der Waals surface area (Å²) in [6.45, 7) is 0. The number of sulfone groups is 1. The van der Waals surface area contributed by atoms with Crippen LogP contribution in [0.5, 0.6) is 5.75 Å². The van der Waals surface area contributed by atoms with E-state index >= 15 is 0 Å². The monoisotopic (exact) mass is 322 g/mol. The molecule has 1 aromatic rings. The summed E-state index contributed by atoms with van der Waals surface area (Å²) in [7, 11) is -3.53. The quantitative estimate of drug-likeness (QED) is 0.803. The zero-order valence-electron chi connectivity index (χ0n) is 10.9. The van der Waals surface area contributed by atoms with Gasteiger partial charge in [0.2, 0.25) is 0 Å². The molecule has 0 N–H and O–H groups in total. The minimum absolute atomic E-state index is 0.0673. The zero-order chi connectivity index (χ0) is 15.7. The smallest absolute Gasteiger partial charge is 0.406 e. The molecule has 0 saturated carbocycles. The van der Waals surface area contributed by atoms with Gasteiger partial charge in [-0.3, -0.25) is 4.79 Å². The van der Waals surface area contributed by atoms with E-state index in [9.17, 15) is 26.4 Å². The van der Waals surface area contributed by atoms with Crippen LogP contribution in [0.2, 0.25) is 0 Å². The van der Waals surface area contributed by atoms with Crippen LogP contribution in [0.25, 0.3) is 0 Å². The summed E-state index contributed by atoms with van der Waals surface area (Å²) in [6, 6.07) is 4.49. The van der Waals surface area contributed by atoms with Crippen molar-refractivity contribution in [3.63, 3.8) is 0 Å². The van der Waals surface area contributed by atoms with Crippen molar-refractivity contribution in [2.45, 2.75) is 30.9 Å². The molecule has 2 rings (SSSR count). The van der Waals surface area contributed by atoms with Crippen LogP contribution in [0.1, 0.15) is 29.6 Å². The van der Waals surface area contributed by atoms with Crippen molar-refractivity contribution < 1.29 is 31.1 Å². The Morgan fingerprint density at radius 2 is 1.95 bits per heavy atom. The standard InChI is InChI=1S/C13H13F3O4S/c14-13(15,16)20-10-5-3-4-9(8-10)12(17)11-6-1-2-7-21(11,18)19/h3-5,8,11H,1-2,6-7H2. The largest absolute Gasteiger partial charge is 0.573 e. The summed E-state index contributed by atoms with van der Waals surface area (Å²) in [5.41, 5.74) is -0.0905. The Kier molecular flexibility index (Phi) is 4.27. The third-order valence-electron chi connectivity index (χ3n) is 3.22. The van der Waals surface area contributed by atoms with Crippen LogP contribution in [0.3, 0.4) is 0 Å². The van der Waals surface area contributed by atoms with Gasteiger partial charge in [0.05, 0.1) is 5.75 Å². The van der Waals surface area contributed by atoms with Gasteiger partial charge in [-0.15, -0.1) is 13.2 Å². The molecule has 0 bridgehead atoms. The lowest BCUT2D eigenvalue weighted by molar-refractivity contribution is -0.274. The minimum Gasteiger partial charge on any atom is -0.406 e. The Morgan fingerprint density at radius 3 is 2.57 bits per heavy atom. The number of Topliss-reactive ketones (excluding diaryl/α,β-unsaturated/α-hetero) is 1. The van der Waals surface area contributed by atoms with Crippen LogP contribution in [-0.2, 0) is 9.84 Å². The summed E-state index contributed by atoms with van der Waals surface area (Å²) in [6.07, 6.45) is -3.55. The number of halogens is 3. The van der Waals surface area contributed by atoms with Gasteiger partial charge in [0.15, 0.2) is 15.6 Å². The molecule has 0 spiro atoms. The van der Waals surface area contributed by atoms with Crippen molar-refractivity contribution in [2.75, 3.05) is 5.75 Å². The van der Waals surface area contributed by atoms with Crippen molar-refractivity contribution in [3.05, 3.63) is 29.8 Å². The first-order valence-corrected chi connectivity index (χ1v) is 8.02. The van der Waals surface area contributed by atoms with E-state index in [1.165, 1.54) is 12.1 Å².